The second-order valence-corrected chi connectivity index (χ2v) is 5.39. The first-order chi connectivity index (χ1) is 9.11. The van der Waals surface area contributed by atoms with Crippen LogP contribution >= 0.6 is 11.6 Å². The highest BCUT2D eigenvalue weighted by atomic mass is 35.5. The van der Waals surface area contributed by atoms with Gasteiger partial charge in [-0.3, -0.25) is 9.69 Å². The molecule has 19 heavy (non-hydrogen) atoms. The molecule has 0 saturated carbocycles. The van der Waals surface area contributed by atoms with E-state index in [0.717, 1.165) is 19.5 Å². The van der Waals surface area contributed by atoms with E-state index in [1.165, 1.54) is 0 Å². The Morgan fingerprint density at radius 2 is 2.37 bits per heavy atom. The Kier molecular flexibility index (Phi) is 3.26. The highest BCUT2D eigenvalue weighted by Crippen LogP contribution is 2.15. The molecule has 100 valence electrons. The molecule has 1 fully saturated rings. The van der Waals surface area contributed by atoms with Gasteiger partial charge in [-0.05, 0) is 24.6 Å². The summed E-state index contributed by atoms with van der Waals surface area (Å²) in [5.41, 5.74) is 6.39. The number of aromatic nitrogens is 2. The summed E-state index contributed by atoms with van der Waals surface area (Å²) in [6.45, 7) is 2.42. The molecular weight excluding hydrogens is 264 g/mol. The number of nitrogens with zero attached hydrogens (tertiary/aromatic N) is 2. The van der Waals surface area contributed by atoms with Crippen molar-refractivity contribution in [2.45, 2.75) is 19.0 Å². The molecule has 0 radical (unpaired) electrons. The van der Waals surface area contributed by atoms with Crippen molar-refractivity contribution in [2.75, 3.05) is 13.1 Å². The molecule has 2 aromatic rings. The second kappa shape index (κ2) is 4.92. The summed E-state index contributed by atoms with van der Waals surface area (Å²) in [5.74, 6) is 0.675. The zero-order valence-corrected chi connectivity index (χ0v) is 11.2. The van der Waals surface area contributed by atoms with Crippen LogP contribution in [0, 0.1) is 0 Å². The van der Waals surface area contributed by atoms with Gasteiger partial charge in [-0.1, -0.05) is 11.6 Å². The van der Waals surface area contributed by atoms with Crippen molar-refractivity contribution in [3.05, 3.63) is 39.4 Å². The lowest BCUT2D eigenvalue weighted by Gasteiger charge is -2.14. The predicted molar refractivity (Wildman–Crippen MR) is 75.2 cm³/mol. The minimum Gasteiger partial charge on any atom is -0.326 e. The van der Waals surface area contributed by atoms with Crippen LogP contribution in [0.2, 0.25) is 5.02 Å². The summed E-state index contributed by atoms with van der Waals surface area (Å²) < 4.78 is 0. The molecule has 1 unspecified atom stereocenters. The fraction of sp³-hybridized carbons (Fsp3) is 0.385. The monoisotopic (exact) mass is 278 g/mol. The Morgan fingerprint density at radius 3 is 3.11 bits per heavy atom. The zero-order valence-electron chi connectivity index (χ0n) is 10.4. The highest BCUT2D eigenvalue weighted by Gasteiger charge is 2.19. The van der Waals surface area contributed by atoms with E-state index in [-0.39, 0.29) is 11.6 Å². The van der Waals surface area contributed by atoms with Crippen LogP contribution in [0.25, 0.3) is 10.9 Å². The molecule has 3 rings (SSSR count). The van der Waals surface area contributed by atoms with Crippen molar-refractivity contribution in [2.24, 2.45) is 5.73 Å². The lowest BCUT2D eigenvalue weighted by molar-refractivity contribution is 0.318. The average Bonchev–Trinajstić information content (AvgIpc) is 2.76. The average molecular weight is 279 g/mol. The molecule has 0 spiro atoms. The number of nitrogens with two attached hydrogens (primary N) is 1. The first-order valence-corrected chi connectivity index (χ1v) is 6.66. The van der Waals surface area contributed by atoms with Crippen LogP contribution in [-0.2, 0) is 6.54 Å². The Balaban J connectivity index is 1.93. The number of likely N-dealkylation sites (tertiary alicyclic amines) is 1. The molecule has 0 aliphatic carbocycles. The minimum atomic E-state index is -0.147. The first kappa shape index (κ1) is 12.6. The van der Waals surface area contributed by atoms with Crippen LogP contribution < -0.4 is 11.3 Å². The van der Waals surface area contributed by atoms with Gasteiger partial charge >= 0.3 is 0 Å². The third-order valence-corrected chi connectivity index (χ3v) is 3.63. The van der Waals surface area contributed by atoms with Crippen molar-refractivity contribution < 1.29 is 0 Å². The highest BCUT2D eigenvalue weighted by molar-refractivity contribution is 6.31. The number of hydrogen-bond acceptors (Lipinski definition) is 4. The molecule has 2 heterocycles. The fourth-order valence-electron chi connectivity index (χ4n) is 2.45. The number of benzene rings is 1. The van der Waals surface area contributed by atoms with Gasteiger partial charge in [-0.2, -0.15) is 0 Å². The number of rotatable bonds is 2. The number of halogens is 1. The van der Waals surface area contributed by atoms with Crippen molar-refractivity contribution in [1.29, 1.82) is 0 Å². The van der Waals surface area contributed by atoms with E-state index < -0.39 is 0 Å². The molecule has 1 saturated heterocycles. The lowest BCUT2D eigenvalue weighted by atomic mass is 10.2. The van der Waals surface area contributed by atoms with E-state index in [2.05, 4.69) is 14.9 Å². The number of hydrogen-bond donors (Lipinski definition) is 2. The standard InChI is InChI=1S/C13H15ClN4O/c14-8-1-2-11-10(5-8)13(19)17-12(16-11)7-18-4-3-9(15)6-18/h1-2,5,9H,3-4,6-7,15H2,(H,16,17,19). The van der Waals surface area contributed by atoms with Gasteiger partial charge in [0.1, 0.15) is 5.82 Å². The van der Waals surface area contributed by atoms with E-state index in [1.54, 1.807) is 18.2 Å². The van der Waals surface area contributed by atoms with Crippen LogP contribution in [0.15, 0.2) is 23.0 Å². The molecule has 1 aliphatic rings. The topological polar surface area (TPSA) is 75.0 Å². The number of nitrogens with one attached hydrogen (secondary N) is 1. The van der Waals surface area contributed by atoms with Crippen LogP contribution in [-0.4, -0.2) is 34.0 Å². The Labute approximate surface area is 115 Å². The largest absolute Gasteiger partial charge is 0.326 e. The van der Waals surface area contributed by atoms with Crippen LogP contribution in [0.5, 0.6) is 0 Å². The summed E-state index contributed by atoms with van der Waals surface area (Å²) in [6.07, 6.45) is 0.993. The molecule has 6 heteroatoms. The second-order valence-electron chi connectivity index (χ2n) is 4.96. The van der Waals surface area contributed by atoms with Crippen LogP contribution in [0.3, 0.4) is 0 Å². The van der Waals surface area contributed by atoms with Gasteiger partial charge in [0.15, 0.2) is 0 Å². The summed E-state index contributed by atoms with van der Waals surface area (Å²) in [6, 6.07) is 5.38. The summed E-state index contributed by atoms with van der Waals surface area (Å²) in [4.78, 5) is 21.5. The maximum atomic E-state index is 12.0. The van der Waals surface area contributed by atoms with Crippen LogP contribution in [0.4, 0.5) is 0 Å². The summed E-state index contributed by atoms with van der Waals surface area (Å²) >= 11 is 5.88. The Hall–Kier alpha value is -1.43. The quantitative estimate of drug-likeness (QED) is 0.863. The molecule has 1 atom stereocenters. The maximum Gasteiger partial charge on any atom is 0.258 e. The van der Waals surface area contributed by atoms with Gasteiger partial charge in [0.25, 0.3) is 5.56 Å². The fourth-order valence-corrected chi connectivity index (χ4v) is 2.62. The zero-order chi connectivity index (χ0) is 13.4. The number of H-pyrrole nitrogens is 1. The van der Waals surface area contributed by atoms with E-state index in [1.807, 2.05) is 0 Å². The van der Waals surface area contributed by atoms with Crippen molar-refractivity contribution in [1.82, 2.24) is 14.9 Å². The molecule has 0 bridgehead atoms. The van der Waals surface area contributed by atoms with Crippen molar-refractivity contribution in [3.63, 3.8) is 0 Å². The number of aromatic amines is 1. The smallest absolute Gasteiger partial charge is 0.258 e. The van der Waals surface area contributed by atoms with Crippen molar-refractivity contribution in [3.8, 4) is 0 Å². The van der Waals surface area contributed by atoms with Gasteiger partial charge in [0.2, 0.25) is 0 Å². The third kappa shape index (κ3) is 2.63. The lowest BCUT2D eigenvalue weighted by Crippen LogP contribution is -2.27. The van der Waals surface area contributed by atoms with E-state index >= 15 is 0 Å². The molecular formula is C13H15ClN4O. The van der Waals surface area contributed by atoms with Gasteiger partial charge in [-0.25, -0.2) is 4.98 Å². The Morgan fingerprint density at radius 1 is 1.53 bits per heavy atom. The summed E-state index contributed by atoms with van der Waals surface area (Å²) in [7, 11) is 0. The predicted octanol–water partition coefficient (Wildman–Crippen LogP) is 1.11. The van der Waals surface area contributed by atoms with Gasteiger partial charge in [0.05, 0.1) is 17.4 Å². The van der Waals surface area contributed by atoms with Crippen molar-refractivity contribution >= 4 is 22.5 Å². The maximum absolute atomic E-state index is 12.0. The van der Waals surface area contributed by atoms with E-state index in [9.17, 15) is 4.79 Å². The molecule has 3 N–H and O–H groups in total. The van der Waals surface area contributed by atoms with Crippen LogP contribution in [0.1, 0.15) is 12.2 Å². The third-order valence-electron chi connectivity index (χ3n) is 3.40. The Bertz CT molecular complexity index is 669. The molecule has 1 aromatic carbocycles. The number of fused-ring (bicyclic) bond motifs is 1. The molecule has 1 aromatic heterocycles. The molecule has 5 nitrogen and oxygen atoms in total. The molecule has 1 aliphatic heterocycles. The molecule has 0 amide bonds. The van der Waals surface area contributed by atoms with Gasteiger partial charge < -0.3 is 10.7 Å². The van der Waals surface area contributed by atoms with E-state index in [4.69, 9.17) is 17.3 Å². The minimum absolute atomic E-state index is 0.147. The first-order valence-electron chi connectivity index (χ1n) is 6.28. The normalized spacial score (nSPS) is 20.2. The van der Waals surface area contributed by atoms with E-state index in [0.29, 0.717) is 28.3 Å². The SMILES string of the molecule is NC1CCN(Cc2nc3ccc(Cl)cc3c(=O)[nH]2)C1. The van der Waals surface area contributed by atoms with Gasteiger partial charge in [-0.15, -0.1) is 0 Å². The summed E-state index contributed by atoms with van der Waals surface area (Å²) in [5, 5.41) is 1.06. The van der Waals surface area contributed by atoms with Gasteiger partial charge in [0, 0.05) is 24.2 Å².